The third-order valence-corrected chi connectivity index (χ3v) is 3.73. The van der Waals surface area contributed by atoms with E-state index in [0.717, 1.165) is 37.6 Å². The van der Waals surface area contributed by atoms with Crippen molar-refractivity contribution in [3.63, 3.8) is 0 Å². The molecule has 0 spiro atoms. The molecule has 1 aliphatic rings. The first kappa shape index (κ1) is 12.5. The lowest BCUT2D eigenvalue weighted by atomic mass is 10.1. The van der Waals surface area contributed by atoms with E-state index in [0.29, 0.717) is 6.04 Å². The topological polar surface area (TPSA) is 42.4 Å². The summed E-state index contributed by atoms with van der Waals surface area (Å²) in [6.45, 7) is 5.01. The maximum atomic E-state index is 5.97. The zero-order valence-corrected chi connectivity index (χ0v) is 11.3. The lowest BCUT2D eigenvalue weighted by Gasteiger charge is -2.17. The number of benzene rings is 1. The zero-order chi connectivity index (χ0) is 13.2. The largest absolute Gasteiger partial charge is 0.461 e. The molecule has 3 heteroatoms. The van der Waals surface area contributed by atoms with Crippen molar-refractivity contribution >= 4 is 0 Å². The Labute approximate surface area is 114 Å². The first-order valence-corrected chi connectivity index (χ1v) is 6.85. The van der Waals surface area contributed by atoms with Gasteiger partial charge in [-0.05, 0) is 31.0 Å². The number of nitrogens with zero attached hydrogens (tertiary/aromatic N) is 1. The third-order valence-electron chi connectivity index (χ3n) is 3.73. The van der Waals surface area contributed by atoms with Crippen LogP contribution in [0.1, 0.15) is 17.7 Å². The van der Waals surface area contributed by atoms with Crippen LogP contribution in [0.4, 0.5) is 0 Å². The van der Waals surface area contributed by atoms with Crippen LogP contribution in [0.15, 0.2) is 40.8 Å². The monoisotopic (exact) mass is 256 g/mol. The average molecular weight is 256 g/mol. The predicted molar refractivity (Wildman–Crippen MR) is 76.8 cm³/mol. The summed E-state index contributed by atoms with van der Waals surface area (Å²) in [6.07, 6.45) is 1.10. The van der Waals surface area contributed by atoms with Crippen LogP contribution in [0.25, 0.3) is 11.3 Å². The first-order chi connectivity index (χ1) is 9.22. The Balaban J connectivity index is 1.85. The minimum Gasteiger partial charge on any atom is -0.461 e. The Bertz CT molecular complexity index is 561. The number of rotatable bonds is 3. The molecule has 19 heavy (non-hydrogen) atoms. The van der Waals surface area contributed by atoms with Crippen molar-refractivity contribution in [2.45, 2.75) is 25.9 Å². The van der Waals surface area contributed by atoms with Crippen LogP contribution < -0.4 is 5.73 Å². The van der Waals surface area contributed by atoms with Crippen LogP contribution in [0, 0.1) is 6.92 Å². The van der Waals surface area contributed by atoms with Crippen molar-refractivity contribution in [1.82, 2.24) is 4.90 Å². The molecule has 100 valence electrons. The van der Waals surface area contributed by atoms with Crippen LogP contribution in [-0.4, -0.2) is 24.0 Å². The molecule has 3 nitrogen and oxygen atoms in total. The van der Waals surface area contributed by atoms with Gasteiger partial charge in [0.15, 0.2) is 0 Å². The highest BCUT2D eigenvalue weighted by Gasteiger charge is 2.20. The summed E-state index contributed by atoms with van der Waals surface area (Å²) in [5.74, 6) is 1.91. The SMILES string of the molecule is Cc1ccc(-c2ccccc2CN2CC[C@@H](N)C2)o1. The summed E-state index contributed by atoms with van der Waals surface area (Å²) in [5.41, 5.74) is 8.47. The summed E-state index contributed by atoms with van der Waals surface area (Å²) < 4.78 is 5.75. The van der Waals surface area contributed by atoms with Gasteiger partial charge in [0.2, 0.25) is 0 Å². The molecular weight excluding hydrogens is 236 g/mol. The van der Waals surface area contributed by atoms with E-state index in [4.69, 9.17) is 10.2 Å². The molecule has 0 radical (unpaired) electrons. The Morgan fingerprint density at radius 1 is 1.26 bits per heavy atom. The lowest BCUT2D eigenvalue weighted by Crippen LogP contribution is -2.26. The van der Waals surface area contributed by atoms with E-state index >= 15 is 0 Å². The highest BCUT2D eigenvalue weighted by atomic mass is 16.3. The fourth-order valence-electron chi connectivity index (χ4n) is 2.72. The number of likely N-dealkylation sites (tertiary alicyclic amines) is 1. The summed E-state index contributed by atoms with van der Waals surface area (Å²) >= 11 is 0. The summed E-state index contributed by atoms with van der Waals surface area (Å²) in [6, 6.07) is 12.8. The molecule has 0 amide bonds. The normalized spacial score (nSPS) is 20.0. The lowest BCUT2D eigenvalue weighted by molar-refractivity contribution is 0.327. The molecule has 0 unspecified atom stereocenters. The first-order valence-electron chi connectivity index (χ1n) is 6.85. The van der Waals surface area contributed by atoms with Gasteiger partial charge >= 0.3 is 0 Å². The summed E-state index contributed by atoms with van der Waals surface area (Å²) in [4.78, 5) is 2.42. The van der Waals surface area contributed by atoms with Crippen LogP contribution in [0.2, 0.25) is 0 Å². The van der Waals surface area contributed by atoms with Crippen LogP contribution >= 0.6 is 0 Å². The van der Waals surface area contributed by atoms with Gasteiger partial charge in [0.05, 0.1) is 0 Å². The molecule has 2 heterocycles. The molecule has 1 saturated heterocycles. The highest BCUT2D eigenvalue weighted by molar-refractivity contribution is 5.62. The van der Waals surface area contributed by atoms with Crippen molar-refractivity contribution in [1.29, 1.82) is 0 Å². The van der Waals surface area contributed by atoms with Crippen LogP contribution in [0.3, 0.4) is 0 Å². The molecule has 3 rings (SSSR count). The molecule has 1 aliphatic heterocycles. The quantitative estimate of drug-likeness (QED) is 0.918. The van der Waals surface area contributed by atoms with Gasteiger partial charge in [0.25, 0.3) is 0 Å². The van der Waals surface area contributed by atoms with Crippen molar-refractivity contribution in [3.8, 4) is 11.3 Å². The smallest absolute Gasteiger partial charge is 0.134 e. The molecule has 0 aliphatic carbocycles. The maximum absolute atomic E-state index is 5.97. The summed E-state index contributed by atoms with van der Waals surface area (Å²) in [7, 11) is 0. The van der Waals surface area contributed by atoms with Crippen LogP contribution in [0.5, 0.6) is 0 Å². The third kappa shape index (κ3) is 2.72. The second-order valence-electron chi connectivity index (χ2n) is 5.35. The Hall–Kier alpha value is -1.58. The standard InChI is InChI=1S/C16H20N2O/c1-12-6-7-16(19-12)15-5-3-2-4-13(15)10-18-9-8-14(17)11-18/h2-7,14H,8-11,17H2,1H3/t14-/m1/s1. The molecule has 1 aromatic carbocycles. The number of hydrogen-bond donors (Lipinski definition) is 1. The molecule has 2 aromatic rings. The number of nitrogens with two attached hydrogens (primary N) is 1. The minimum atomic E-state index is 0.331. The van der Waals surface area contributed by atoms with Crippen molar-refractivity contribution in [2.24, 2.45) is 5.73 Å². The maximum Gasteiger partial charge on any atom is 0.134 e. The van der Waals surface area contributed by atoms with Crippen molar-refractivity contribution in [3.05, 3.63) is 47.7 Å². The van der Waals surface area contributed by atoms with Gasteiger partial charge < -0.3 is 10.2 Å². The van der Waals surface area contributed by atoms with E-state index in [2.05, 4.69) is 29.2 Å². The second-order valence-corrected chi connectivity index (χ2v) is 5.35. The van der Waals surface area contributed by atoms with Gasteiger partial charge in [-0.25, -0.2) is 0 Å². The van der Waals surface area contributed by atoms with E-state index < -0.39 is 0 Å². The van der Waals surface area contributed by atoms with E-state index in [9.17, 15) is 0 Å². The molecule has 2 N–H and O–H groups in total. The number of aryl methyl sites for hydroxylation is 1. The highest BCUT2D eigenvalue weighted by Crippen LogP contribution is 2.27. The Morgan fingerprint density at radius 3 is 2.79 bits per heavy atom. The van der Waals surface area contributed by atoms with Crippen LogP contribution in [-0.2, 0) is 6.54 Å². The number of hydrogen-bond acceptors (Lipinski definition) is 3. The minimum absolute atomic E-state index is 0.331. The van der Waals surface area contributed by atoms with Gasteiger partial charge in [-0.2, -0.15) is 0 Å². The van der Waals surface area contributed by atoms with Gasteiger partial charge in [-0.1, -0.05) is 24.3 Å². The summed E-state index contributed by atoms with van der Waals surface area (Å²) in [5, 5.41) is 0. The number of furan rings is 1. The average Bonchev–Trinajstić information content (AvgIpc) is 2.99. The van der Waals surface area contributed by atoms with Gasteiger partial charge in [0.1, 0.15) is 11.5 Å². The molecule has 0 saturated carbocycles. The molecule has 1 aromatic heterocycles. The van der Waals surface area contributed by atoms with Gasteiger partial charge in [-0.3, -0.25) is 4.90 Å². The fourth-order valence-corrected chi connectivity index (χ4v) is 2.72. The van der Waals surface area contributed by atoms with E-state index in [1.54, 1.807) is 0 Å². The van der Waals surface area contributed by atoms with E-state index in [1.165, 1.54) is 11.1 Å². The van der Waals surface area contributed by atoms with Crippen molar-refractivity contribution < 1.29 is 4.42 Å². The van der Waals surface area contributed by atoms with Gasteiger partial charge in [-0.15, -0.1) is 0 Å². The predicted octanol–water partition coefficient (Wildman–Crippen LogP) is 2.79. The zero-order valence-electron chi connectivity index (χ0n) is 11.3. The van der Waals surface area contributed by atoms with Crippen molar-refractivity contribution in [2.75, 3.05) is 13.1 Å². The fraction of sp³-hybridized carbons (Fsp3) is 0.375. The van der Waals surface area contributed by atoms with E-state index in [-0.39, 0.29) is 0 Å². The molecule has 0 bridgehead atoms. The van der Waals surface area contributed by atoms with E-state index in [1.807, 2.05) is 19.1 Å². The Kier molecular flexibility index (Phi) is 3.40. The molecule has 1 atom stereocenters. The second kappa shape index (κ2) is 5.19. The van der Waals surface area contributed by atoms with Gasteiger partial charge in [0, 0.05) is 31.2 Å². The molecule has 1 fully saturated rings. The molecular formula is C16H20N2O. The Morgan fingerprint density at radius 2 is 2.11 bits per heavy atom.